The lowest BCUT2D eigenvalue weighted by Crippen LogP contribution is -2.48. The van der Waals surface area contributed by atoms with Crippen LogP contribution in [0.5, 0.6) is 0 Å². The fourth-order valence-corrected chi connectivity index (χ4v) is 2.02. The maximum absolute atomic E-state index is 11.3. The van der Waals surface area contributed by atoms with Gasteiger partial charge in [0.15, 0.2) is 0 Å². The summed E-state index contributed by atoms with van der Waals surface area (Å²) in [5.74, 6) is 0. The van der Waals surface area contributed by atoms with Gasteiger partial charge in [0.1, 0.15) is 0 Å². The summed E-state index contributed by atoms with van der Waals surface area (Å²) in [4.78, 5) is 13.8. The van der Waals surface area contributed by atoms with E-state index in [0.29, 0.717) is 6.54 Å². The number of urea groups is 1. The van der Waals surface area contributed by atoms with Gasteiger partial charge in [-0.1, -0.05) is 6.92 Å². The first-order valence-corrected chi connectivity index (χ1v) is 6.13. The second-order valence-electron chi connectivity index (χ2n) is 4.24. The molecule has 1 saturated heterocycles. The van der Waals surface area contributed by atoms with Gasteiger partial charge in [0.05, 0.1) is 6.61 Å². The Morgan fingerprint density at radius 1 is 1.44 bits per heavy atom. The Morgan fingerprint density at radius 2 is 2.12 bits per heavy atom. The third-order valence-electron chi connectivity index (χ3n) is 2.86. The molecule has 94 valence electrons. The molecule has 1 fully saturated rings. The van der Waals surface area contributed by atoms with Crippen molar-refractivity contribution in [1.82, 2.24) is 15.5 Å². The zero-order chi connectivity index (χ0) is 11.8. The molecule has 1 aliphatic heterocycles. The van der Waals surface area contributed by atoms with E-state index in [1.54, 1.807) is 0 Å². The molecule has 5 heteroatoms. The van der Waals surface area contributed by atoms with Crippen molar-refractivity contribution in [1.29, 1.82) is 0 Å². The largest absolute Gasteiger partial charge is 0.395 e. The fraction of sp³-hybridized carbons (Fsp3) is 0.909. The van der Waals surface area contributed by atoms with Crippen molar-refractivity contribution >= 4 is 6.03 Å². The SMILES string of the molecule is CCCN1CCC(NC(=O)NCCO)CC1. The standard InChI is InChI=1S/C11H23N3O2/c1-2-6-14-7-3-10(4-8-14)13-11(16)12-5-9-15/h10,15H,2-9H2,1H3,(H2,12,13,16). The Morgan fingerprint density at radius 3 is 2.69 bits per heavy atom. The highest BCUT2D eigenvalue weighted by molar-refractivity contribution is 5.74. The summed E-state index contributed by atoms with van der Waals surface area (Å²) in [7, 11) is 0. The molecule has 0 radical (unpaired) electrons. The highest BCUT2D eigenvalue weighted by Crippen LogP contribution is 2.10. The number of aliphatic hydroxyl groups is 1. The van der Waals surface area contributed by atoms with Gasteiger partial charge in [0.25, 0.3) is 0 Å². The first-order valence-electron chi connectivity index (χ1n) is 6.13. The summed E-state index contributed by atoms with van der Waals surface area (Å²) in [6.07, 6.45) is 3.23. The molecule has 1 rings (SSSR count). The number of amides is 2. The number of nitrogens with one attached hydrogen (secondary N) is 2. The van der Waals surface area contributed by atoms with Crippen molar-refractivity contribution in [2.75, 3.05) is 32.8 Å². The van der Waals surface area contributed by atoms with Gasteiger partial charge in [-0.3, -0.25) is 0 Å². The van der Waals surface area contributed by atoms with Crippen molar-refractivity contribution in [3.63, 3.8) is 0 Å². The van der Waals surface area contributed by atoms with E-state index < -0.39 is 0 Å². The van der Waals surface area contributed by atoms with E-state index in [9.17, 15) is 4.79 Å². The number of carbonyl (C=O) groups excluding carboxylic acids is 1. The van der Waals surface area contributed by atoms with Crippen molar-refractivity contribution in [3.05, 3.63) is 0 Å². The molecular formula is C11H23N3O2. The molecule has 0 unspecified atom stereocenters. The number of likely N-dealkylation sites (tertiary alicyclic amines) is 1. The normalized spacial score (nSPS) is 18.4. The third kappa shape index (κ3) is 4.81. The van der Waals surface area contributed by atoms with Crippen molar-refractivity contribution < 1.29 is 9.90 Å². The molecule has 0 aliphatic carbocycles. The maximum atomic E-state index is 11.3. The highest BCUT2D eigenvalue weighted by atomic mass is 16.3. The Kier molecular flexibility index (Phi) is 6.18. The minimum Gasteiger partial charge on any atom is -0.395 e. The zero-order valence-corrected chi connectivity index (χ0v) is 10.0. The lowest BCUT2D eigenvalue weighted by molar-refractivity contribution is 0.191. The summed E-state index contributed by atoms with van der Waals surface area (Å²) < 4.78 is 0. The molecule has 0 aromatic carbocycles. The molecule has 0 saturated carbocycles. The third-order valence-corrected chi connectivity index (χ3v) is 2.86. The topological polar surface area (TPSA) is 64.6 Å². The van der Waals surface area contributed by atoms with Crippen LogP contribution in [0.1, 0.15) is 26.2 Å². The molecular weight excluding hydrogens is 206 g/mol. The van der Waals surface area contributed by atoms with Crippen molar-refractivity contribution in [2.45, 2.75) is 32.2 Å². The van der Waals surface area contributed by atoms with Crippen LogP contribution in [0.2, 0.25) is 0 Å². The van der Waals surface area contributed by atoms with Gasteiger partial charge in [-0.15, -0.1) is 0 Å². The predicted octanol–water partition coefficient (Wildman–Crippen LogP) is 0.152. The summed E-state index contributed by atoms with van der Waals surface area (Å²) in [6.45, 7) is 5.79. The van der Waals surface area contributed by atoms with Crippen LogP contribution in [-0.2, 0) is 0 Å². The van der Waals surface area contributed by atoms with Crippen LogP contribution in [0.15, 0.2) is 0 Å². The first-order chi connectivity index (χ1) is 7.76. The van der Waals surface area contributed by atoms with Gasteiger partial charge in [0, 0.05) is 25.7 Å². The molecule has 16 heavy (non-hydrogen) atoms. The summed E-state index contributed by atoms with van der Waals surface area (Å²) in [5.41, 5.74) is 0. The van der Waals surface area contributed by atoms with Gasteiger partial charge < -0.3 is 20.6 Å². The van der Waals surface area contributed by atoms with E-state index >= 15 is 0 Å². The number of nitrogens with zero attached hydrogens (tertiary/aromatic N) is 1. The maximum Gasteiger partial charge on any atom is 0.315 e. The van der Waals surface area contributed by atoms with Gasteiger partial charge >= 0.3 is 6.03 Å². The minimum atomic E-state index is -0.164. The number of hydrogen-bond acceptors (Lipinski definition) is 3. The molecule has 0 aromatic rings. The van der Waals surface area contributed by atoms with Gasteiger partial charge in [-0.05, 0) is 25.8 Å². The first kappa shape index (κ1) is 13.3. The van der Waals surface area contributed by atoms with Gasteiger partial charge in [-0.25, -0.2) is 4.79 Å². The van der Waals surface area contributed by atoms with E-state index in [0.717, 1.165) is 32.5 Å². The van der Waals surface area contributed by atoms with Crippen LogP contribution in [0.4, 0.5) is 4.79 Å². The number of carbonyl (C=O) groups is 1. The molecule has 2 amide bonds. The van der Waals surface area contributed by atoms with Crippen molar-refractivity contribution in [3.8, 4) is 0 Å². The average molecular weight is 229 g/mol. The smallest absolute Gasteiger partial charge is 0.315 e. The van der Waals surface area contributed by atoms with E-state index in [1.165, 1.54) is 6.42 Å². The van der Waals surface area contributed by atoms with Crippen molar-refractivity contribution in [2.24, 2.45) is 0 Å². The van der Waals surface area contributed by atoms with Gasteiger partial charge in [-0.2, -0.15) is 0 Å². The quantitative estimate of drug-likeness (QED) is 0.629. The second-order valence-corrected chi connectivity index (χ2v) is 4.24. The molecule has 3 N–H and O–H groups in total. The van der Waals surface area contributed by atoms with E-state index in [1.807, 2.05) is 0 Å². The summed E-state index contributed by atoms with van der Waals surface area (Å²) in [6, 6.07) is 0.120. The fourth-order valence-electron chi connectivity index (χ4n) is 2.02. The molecule has 5 nitrogen and oxygen atoms in total. The number of hydrogen-bond donors (Lipinski definition) is 3. The summed E-state index contributed by atoms with van der Waals surface area (Å²) >= 11 is 0. The highest BCUT2D eigenvalue weighted by Gasteiger charge is 2.19. The Hall–Kier alpha value is -0.810. The molecule has 0 bridgehead atoms. The van der Waals surface area contributed by atoms with Crippen LogP contribution in [0.3, 0.4) is 0 Å². The molecule has 0 aromatic heterocycles. The number of piperidine rings is 1. The van der Waals surface area contributed by atoms with Crippen LogP contribution < -0.4 is 10.6 Å². The molecule has 0 atom stereocenters. The molecule has 0 spiro atoms. The van der Waals surface area contributed by atoms with Crippen LogP contribution in [-0.4, -0.2) is 54.9 Å². The Balaban J connectivity index is 2.14. The van der Waals surface area contributed by atoms with Crippen LogP contribution in [0, 0.1) is 0 Å². The van der Waals surface area contributed by atoms with Gasteiger partial charge in [0.2, 0.25) is 0 Å². The Labute approximate surface area is 97.2 Å². The monoisotopic (exact) mass is 229 g/mol. The molecule has 1 heterocycles. The average Bonchev–Trinajstić information content (AvgIpc) is 2.29. The number of rotatable bonds is 5. The lowest BCUT2D eigenvalue weighted by atomic mass is 10.1. The second kappa shape index (κ2) is 7.46. The van der Waals surface area contributed by atoms with E-state index in [2.05, 4.69) is 22.5 Å². The van der Waals surface area contributed by atoms with Crippen LogP contribution >= 0.6 is 0 Å². The number of aliphatic hydroxyl groups excluding tert-OH is 1. The lowest BCUT2D eigenvalue weighted by Gasteiger charge is -2.32. The minimum absolute atomic E-state index is 0.0115. The van der Waals surface area contributed by atoms with E-state index in [-0.39, 0.29) is 18.7 Å². The zero-order valence-electron chi connectivity index (χ0n) is 10.0. The molecule has 1 aliphatic rings. The summed E-state index contributed by atoms with van der Waals surface area (Å²) in [5, 5.41) is 14.1. The predicted molar refractivity (Wildman–Crippen MR) is 63.4 cm³/mol. The van der Waals surface area contributed by atoms with E-state index in [4.69, 9.17) is 5.11 Å². The Bertz CT molecular complexity index is 203. The van der Waals surface area contributed by atoms with Crippen LogP contribution in [0.25, 0.3) is 0 Å².